The van der Waals surface area contributed by atoms with Gasteiger partial charge in [-0.2, -0.15) is 5.10 Å². The zero-order valence-electron chi connectivity index (χ0n) is 15.4. The first-order valence-corrected chi connectivity index (χ1v) is 9.52. The van der Waals surface area contributed by atoms with Crippen LogP contribution < -0.4 is 20.2 Å². The first-order chi connectivity index (χ1) is 13.4. The van der Waals surface area contributed by atoms with E-state index >= 15 is 0 Å². The van der Waals surface area contributed by atoms with Gasteiger partial charge in [-0.05, 0) is 41.8 Å². The molecule has 1 heterocycles. The highest BCUT2D eigenvalue weighted by molar-refractivity contribution is 9.10. The number of halogens is 1. The predicted octanol–water partition coefficient (Wildman–Crippen LogP) is 3.08. The molecular formula is C20H20BrN3O4. The summed E-state index contributed by atoms with van der Waals surface area (Å²) in [5.74, 6) is 0.219. The average molecular weight is 446 g/mol. The van der Waals surface area contributed by atoms with Crippen molar-refractivity contribution >= 4 is 34.0 Å². The summed E-state index contributed by atoms with van der Waals surface area (Å²) in [7, 11) is 0. The minimum Gasteiger partial charge on any atom is -0.454 e. The van der Waals surface area contributed by atoms with Crippen LogP contribution in [0.3, 0.4) is 0 Å². The number of hydrogen-bond acceptors (Lipinski definition) is 5. The number of nitrogens with zero attached hydrogens (tertiary/aromatic N) is 1. The maximum atomic E-state index is 12.6. The van der Waals surface area contributed by atoms with Crippen LogP contribution in [0.4, 0.5) is 0 Å². The van der Waals surface area contributed by atoms with Gasteiger partial charge in [-0.3, -0.25) is 9.59 Å². The highest BCUT2D eigenvalue weighted by atomic mass is 79.9. The van der Waals surface area contributed by atoms with Crippen molar-refractivity contribution in [3.63, 3.8) is 0 Å². The Bertz CT molecular complexity index is 897. The van der Waals surface area contributed by atoms with E-state index in [1.54, 1.807) is 24.4 Å². The topological polar surface area (TPSA) is 89.0 Å². The summed E-state index contributed by atoms with van der Waals surface area (Å²) in [4.78, 5) is 25.1. The van der Waals surface area contributed by atoms with Crippen molar-refractivity contribution in [1.82, 2.24) is 10.7 Å². The van der Waals surface area contributed by atoms with E-state index in [2.05, 4.69) is 31.8 Å². The molecule has 0 aliphatic carbocycles. The van der Waals surface area contributed by atoms with Crippen LogP contribution >= 0.6 is 15.9 Å². The molecule has 0 saturated heterocycles. The molecule has 0 aromatic heterocycles. The van der Waals surface area contributed by atoms with Crippen LogP contribution in [-0.4, -0.2) is 30.9 Å². The molecule has 3 rings (SSSR count). The van der Waals surface area contributed by atoms with Crippen molar-refractivity contribution in [2.75, 3.05) is 6.79 Å². The van der Waals surface area contributed by atoms with Crippen LogP contribution in [0, 0.1) is 5.92 Å². The molecule has 1 aliphatic heterocycles. The van der Waals surface area contributed by atoms with E-state index in [9.17, 15) is 9.59 Å². The van der Waals surface area contributed by atoms with Crippen LogP contribution in [0.5, 0.6) is 11.5 Å². The summed E-state index contributed by atoms with van der Waals surface area (Å²) in [6.45, 7) is 3.83. The average Bonchev–Trinajstić information content (AvgIpc) is 3.14. The molecule has 2 amide bonds. The number of hydrogen-bond donors (Lipinski definition) is 2. The summed E-state index contributed by atoms with van der Waals surface area (Å²) >= 11 is 3.36. The SMILES string of the molecule is CC(C)C(NC(=O)c1ccc2c(c1)OCO2)C(=O)NN=Cc1ccc(Br)cc1. The van der Waals surface area contributed by atoms with Crippen molar-refractivity contribution in [3.05, 3.63) is 58.1 Å². The molecule has 8 heteroatoms. The monoisotopic (exact) mass is 445 g/mol. The van der Waals surface area contributed by atoms with Crippen LogP contribution in [0.2, 0.25) is 0 Å². The lowest BCUT2D eigenvalue weighted by Gasteiger charge is -2.20. The van der Waals surface area contributed by atoms with Crippen LogP contribution in [0.15, 0.2) is 52.0 Å². The van der Waals surface area contributed by atoms with Gasteiger partial charge in [0.25, 0.3) is 11.8 Å². The van der Waals surface area contributed by atoms with E-state index < -0.39 is 11.9 Å². The molecule has 0 bridgehead atoms. The standard InChI is InChI=1S/C20H20BrN3O4/c1-12(2)18(20(26)24-22-10-13-3-6-15(21)7-4-13)23-19(25)14-5-8-16-17(9-14)28-11-27-16/h3-10,12,18H,11H2,1-2H3,(H,23,25)(H,24,26). The number of hydrazone groups is 1. The highest BCUT2D eigenvalue weighted by Gasteiger charge is 2.25. The minimum atomic E-state index is -0.736. The molecule has 1 unspecified atom stereocenters. The number of rotatable bonds is 6. The highest BCUT2D eigenvalue weighted by Crippen LogP contribution is 2.32. The number of fused-ring (bicyclic) bond motifs is 1. The van der Waals surface area contributed by atoms with E-state index in [1.807, 2.05) is 38.1 Å². The van der Waals surface area contributed by atoms with Gasteiger partial charge < -0.3 is 14.8 Å². The Morgan fingerprint density at radius 1 is 1.11 bits per heavy atom. The third kappa shape index (κ3) is 4.89. The number of carbonyl (C=O) groups is 2. The van der Waals surface area contributed by atoms with E-state index in [1.165, 1.54) is 0 Å². The van der Waals surface area contributed by atoms with Gasteiger partial charge in [-0.25, -0.2) is 5.43 Å². The summed E-state index contributed by atoms with van der Waals surface area (Å²) in [5, 5.41) is 6.73. The van der Waals surface area contributed by atoms with Gasteiger partial charge in [-0.1, -0.05) is 41.9 Å². The van der Waals surface area contributed by atoms with Crippen LogP contribution in [0.25, 0.3) is 0 Å². The summed E-state index contributed by atoms with van der Waals surface area (Å²) in [5.41, 5.74) is 3.72. The van der Waals surface area contributed by atoms with Crippen molar-refractivity contribution in [1.29, 1.82) is 0 Å². The fraction of sp³-hybridized carbons (Fsp3) is 0.250. The molecule has 146 valence electrons. The zero-order valence-corrected chi connectivity index (χ0v) is 17.0. The van der Waals surface area contributed by atoms with E-state index in [4.69, 9.17) is 9.47 Å². The first kappa shape index (κ1) is 19.9. The lowest BCUT2D eigenvalue weighted by molar-refractivity contribution is -0.123. The molecule has 1 atom stereocenters. The number of amides is 2. The lowest BCUT2D eigenvalue weighted by atomic mass is 10.0. The van der Waals surface area contributed by atoms with Crippen molar-refractivity contribution in [2.24, 2.45) is 11.0 Å². The van der Waals surface area contributed by atoms with E-state index in [0.717, 1.165) is 10.0 Å². The van der Waals surface area contributed by atoms with Crippen molar-refractivity contribution in [2.45, 2.75) is 19.9 Å². The van der Waals surface area contributed by atoms with Gasteiger partial charge >= 0.3 is 0 Å². The maximum absolute atomic E-state index is 12.6. The molecule has 0 radical (unpaired) electrons. The molecule has 2 aromatic carbocycles. The molecular weight excluding hydrogens is 426 g/mol. The van der Waals surface area contributed by atoms with E-state index in [0.29, 0.717) is 17.1 Å². The second kappa shape index (κ2) is 8.88. The van der Waals surface area contributed by atoms with Gasteiger partial charge in [0, 0.05) is 10.0 Å². The lowest BCUT2D eigenvalue weighted by Crippen LogP contribution is -2.48. The largest absolute Gasteiger partial charge is 0.454 e. The van der Waals surface area contributed by atoms with Crippen molar-refractivity contribution < 1.29 is 19.1 Å². The Morgan fingerprint density at radius 2 is 1.82 bits per heavy atom. The third-order valence-electron chi connectivity index (χ3n) is 4.13. The summed E-state index contributed by atoms with van der Waals surface area (Å²) < 4.78 is 11.5. The Morgan fingerprint density at radius 3 is 2.54 bits per heavy atom. The van der Waals surface area contributed by atoms with Crippen LogP contribution in [-0.2, 0) is 4.79 Å². The van der Waals surface area contributed by atoms with Gasteiger partial charge in [-0.15, -0.1) is 0 Å². The Hall–Kier alpha value is -2.87. The quantitative estimate of drug-likeness (QED) is 0.528. The fourth-order valence-corrected chi connectivity index (χ4v) is 2.85. The predicted molar refractivity (Wildman–Crippen MR) is 109 cm³/mol. The molecule has 1 aliphatic rings. The number of carbonyl (C=O) groups excluding carboxylic acids is 2. The Labute approximate surface area is 171 Å². The first-order valence-electron chi connectivity index (χ1n) is 8.73. The second-order valence-electron chi connectivity index (χ2n) is 6.55. The van der Waals surface area contributed by atoms with Gasteiger partial charge in [0.2, 0.25) is 6.79 Å². The molecule has 28 heavy (non-hydrogen) atoms. The zero-order chi connectivity index (χ0) is 20.1. The van der Waals surface area contributed by atoms with E-state index in [-0.39, 0.29) is 18.6 Å². The Kier molecular flexibility index (Phi) is 6.30. The van der Waals surface area contributed by atoms with Gasteiger partial charge in [0.1, 0.15) is 6.04 Å². The normalized spacial score (nSPS) is 13.6. The second-order valence-corrected chi connectivity index (χ2v) is 7.46. The summed E-state index contributed by atoms with van der Waals surface area (Å²) in [6, 6.07) is 11.6. The molecule has 0 fully saturated rings. The number of nitrogens with one attached hydrogen (secondary N) is 2. The Balaban J connectivity index is 1.62. The van der Waals surface area contributed by atoms with Crippen molar-refractivity contribution in [3.8, 4) is 11.5 Å². The third-order valence-corrected chi connectivity index (χ3v) is 4.66. The smallest absolute Gasteiger partial charge is 0.262 e. The summed E-state index contributed by atoms with van der Waals surface area (Å²) in [6.07, 6.45) is 1.54. The van der Waals surface area contributed by atoms with Gasteiger partial charge in [0.05, 0.1) is 6.21 Å². The number of benzene rings is 2. The molecule has 2 N–H and O–H groups in total. The van der Waals surface area contributed by atoms with Crippen LogP contribution in [0.1, 0.15) is 29.8 Å². The minimum absolute atomic E-state index is 0.124. The molecule has 2 aromatic rings. The molecule has 0 spiro atoms. The molecule has 0 saturated carbocycles. The van der Waals surface area contributed by atoms with Gasteiger partial charge in [0.15, 0.2) is 11.5 Å². The molecule has 7 nitrogen and oxygen atoms in total. The maximum Gasteiger partial charge on any atom is 0.262 e. The number of ether oxygens (including phenoxy) is 2. The fourth-order valence-electron chi connectivity index (χ4n) is 2.59.